The van der Waals surface area contributed by atoms with Gasteiger partial charge in [-0.25, -0.2) is 0 Å². The zero-order valence-corrected chi connectivity index (χ0v) is 11.4. The fourth-order valence-corrected chi connectivity index (χ4v) is 1.81. The predicted molar refractivity (Wildman–Crippen MR) is 75.4 cm³/mol. The molecular formula is C15H26N2. The standard InChI is InChI=1S/C15H26N2/c1-4-12(2)15-7-5-14(6-8-15)9-10-17-11-13(3)16/h5-8,12-13,17H,4,9-11,16H2,1-3H3. The van der Waals surface area contributed by atoms with Crippen LogP contribution in [0.3, 0.4) is 0 Å². The van der Waals surface area contributed by atoms with Crippen molar-refractivity contribution in [3.05, 3.63) is 35.4 Å². The molecule has 0 aromatic heterocycles. The van der Waals surface area contributed by atoms with Crippen LogP contribution in [0.2, 0.25) is 0 Å². The average Bonchev–Trinajstić information content (AvgIpc) is 2.34. The lowest BCUT2D eigenvalue weighted by Gasteiger charge is -2.10. The van der Waals surface area contributed by atoms with Crippen LogP contribution in [0, 0.1) is 0 Å². The Morgan fingerprint density at radius 3 is 2.35 bits per heavy atom. The van der Waals surface area contributed by atoms with Crippen molar-refractivity contribution in [2.75, 3.05) is 13.1 Å². The smallest absolute Gasteiger partial charge is 0.0136 e. The van der Waals surface area contributed by atoms with E-state index in [0.717, 1.165) is 19.5 Å². The van der Waals surface area contributed by atoms with Gasteiger partial charge in [0.15, 0.2) is 0 Å². The Labute approximate surface area is 106 Å². The zero-order valence-electron chi connectivity index (χ0n) is 11.4. The largest absolute Gasteiger partial charge is 0.327 e. The summed E-state index contributed by atoms with van der Waals surface area (Å²) < 4.78 is 0. The van der Waals surface area contributed by atoms with E-state index in [1.807, 2.05) is 6.92 Å². The van der Waals surface area contributed by atoms with Crippen molar-refractivity contribution >= 4 is 0 Å². The molecule has 2 unspecified atom stereocenters. The maximum Gasteiger partial charge on any atom is 0.0136 e. The molecule has 0 aliphatic heterocycles. The average molecular weight is 234 g/mol. The summed E-state index contributed by atoms with van der Waals surface area (Å²) in [6.07, 6.45) is 2.28. The molecule has 0 bridgehead atoms. The van der Waals surface area contributed by atoms with Crippen LogP contribution in [0.25, 0.3) is 0 Å². The Balaban J connectivity index is 2.35. The molecule has 0 heterocycles. The predicted octanol–water partition coefficient (Wildman–Crippen LogP) is 2.68. The third kappa shape index (κ3) is 5.33. The van der Waals surface area contributed by atoms with Crippen LogP contribution in [0.4, 0.5) is 0 Å². The van der Waals surface area contributed by atoms with Gasteiger partial charge in [0.2, 0.25) is 0 Å². The fourth-order valence-electron chi connectivity index (χ4n) is 1.81. The Morgan fingerprint density at radius 1 is 1.18 bits per heavy atom. The lowest BCUT2D eigenvalue weighted by Crippen LogP contribution is -2.32. The molecule has 2 nitrogen and oxygen atoms in total. The molecule has 0 radical (unpaired) electrons. The van der Waals surface area contributed by atoms with Crippen molar-refractivity contribution in [1.29, 1.82) is 0 Å². The highest BCUT2D eigenvalue weighted by Gasteiger charge is 2.02. The van der Waals surface area contributed by atoms with Crippen molar-refractivity contribution in [3.8, 4) is 0 Å². The van der Waals surface area contributed by atoms with Gasteiger partial charge < -0.3 is 11.1 Å². The van der Waals surface area contributed by atoms with E-state index in [4.69, 9.17) is 5.73 Å². The number of hydrogen-bond donors (Lipinski definition) is 2. The zero-order chi connectivity index (χ0) is 12.7. The molecule has 2 atom stereocenters. The summed E-state index contributed by atoms with van der Waals surface area (Å²) in [4.78, 5) is 0. The van der Waals surface area contributed by atoms with Gasteiger partial charge in [0.25, 0.3) is 0 Å². The number of benzene rings is 1. The van der Waals surface area contributed by atoms with Crippen LogP contribution in [-0.2, 0) is 6.42 Å². The van der Waals surface area contributed by atoms with E-state index in [1.54, 1.807) is 0 Å². The molecule has 1 aromatic rings. The minimum absolute atomic E-state index is 0.239. The van der Waals surface area contributed by atoms with Crippen molar-refractivity contribution in [2.24, 2.45) is 5.73 Å². The first kappa shape index (κ1) is 14.2. The third-order valence-corrected chi connectivity index (χ3v) is 3.22. The summed E-state index contributed by atoms with van der Waals surface area (Å²) in [6, 6.07) is 9.25. The van der Waals surface area contributed by atoms with Crippen LogP contribution >= 0.6 is 0 Å². The number of rotatable bonds is 7. The molecule has 1 rings (SSSR count). The maximum atomic E-state index is 5.68. The highest BCUT2D eigenvalue weighted by atomic mass is 14.9. The summed E-state index contributed by atoms with van der Waals surface area (Å²) in [6.45, 7) is 8.43. The third-order valence-electron chi connectivity index (χ3n) is 3.22. The lowest BCUT2D eigenvalue weighted by molar-refractivity contribution is 0.608. The van der Waals surface area contributed by atoms with E-state index < -0.39 is 0 Å². The molecule has 1 aromatic carbocycles. The highest BCUT2D eigenvalue weighted by molar-refractivity contribution is 5.25. The highest BCUT2D eigenvalue weighted by Crippen LogP contribution is 2.18. The van der Waals surface area contributed by atoms with Crippen molar-refractivity contribution in [3.63, 3.8) is 0 Å². The minimum Gasteiger partial charge on any atom is -0.327 e. The van der Waals surface area contributed by atoms with E-state index in [-0.39, 0.29) is 6.04 Å². The molecule has 0 amide bonds. The number of nitrogens with two attached hydrogens (primary N) is 1. The minimum atomic E-state index is 0.239. The first-order chi connectivity index (χ1) is 8.13. The molecule has 96 valence electrons. The molecular weight excluding hydrogens is 208 g/mol. The van der Waals surface area contributed by atoms with Gasteiger partial charge in [0.1, 0.15) is 0 Å². The summed E-state index contributed by atoms with van der Waals surface area (Å²) in [5, 5.41) is 3.36. The summed E-state index contributed by atoms with van der Waals surface area (Å²) in [7, 11) is 0. The second-order valence-corrected chi connectivity index (χ2v) is 4.98. The van der Waals surface area contributed by atoms with Gasteiger partial charge in [0, 0.05) is 12.6 Å². The van der Waals surface area contributed by atoms with Gasteiger partial charge in [-0.2, -0.15) is 0 Å². The SMILES string of the molecule is CCC(C)c1ccc(CCNCC(C)N)cc1. The Morgan fingerprint density at radius 2 is 1.82 bits per heavy atom. The van der Waals surface area contributed by atoms with Gasteiger partial charge >= 0.3 is 0 Å². The molecule has 0 saturated carbocycles. The monoisotopic (exact) mass is 234 g/mol. The molecule has 0 saturated heterocycles. The topological polar surface area (TPSA) is 38.0 Å². The van der Waals surface area contributed by atoms with E-state index in [0.29, 0.717) is 5.92 Å². The Kier molecular flexibility index (Phi) is 6.23. The normalized spacial score (nSPS) is 14.6. The Hall–Kier alpha value is -0.860. The molecule has 0 aliphatic carbocycles. The van der Waals surface area contributed by atoms with Crippen molar-refractivity contribution in [2.45, 2.75) is 45.6 Å². The summed E-state index contributed by atoms with van der Waals surface area (Å²) in [5.41, 5.74) is 8.52. The van der Waals surface area contributed by atoms with E-state index in [1.165, 1.54) is 17.5 Å². The molecule has 17 heavy (non-hydrogen) atoms. The van der Waals surface area contributed by atoms with Gasteiger partial charge in [-0.05, 0) is 43.4 Å². The molecule has 0 fully saturated rings. The van der Waals surface area contributed by atoms with Crippen LogP contribution in [0.5, 0.6) is 0 Å². The van der Waals surface area contributed by atoms with Crippen molar-refractivity contribution in [1.82, 2.24) is 5.32 Å². The van der Waals surface area contributed by atoms with Crippen LogP contribution in [0.1, 0.15) is 44.2 Å². The van der Waals surface area contributed by atoms with Gasteiger partial charge in [-0.1, -0.05) is 38.1 Å². The Bertz CT molecular complexity index is 303. The van der Waals surface area contributed by atoms with Gasteiger partial charge in [0.05, 0.1) is 0 Å². The first-order valence-corrected chi connectivity index (χ1v) is 6.68. The van der Waals surface area contributed by atoms with E-state index in [2.05, 4.69) is 43.4 Å². The second-order valence-electron chi connectivity index (χ2n) is 4.98. The molecule has 0 spiro atoms. The van der Waals surface area contributed by atoms with Gasteiger partial charge in [-0.15, -0.1) is 0 Å². The molecule has 2 heteroatoms. The maximum absolute atomic E-state index is 5.68. The van der Waals surface area contributed by atoms with Crippen molar-refractivity contribution < 1.29 is 0 Å². The lowest BCUT2D eigenvalue weighted by atomic mass is 9.97. The van der Waals surface area contributed by atoms with Gasteiger partial charge in [-0.3, -0.25) is 0 Å². The first-order valence-electron chi connectivity index (χ1n) is 6.68. The van der Waals surface area contributed by atoms with Crippen LogP contribution in [-0.4, -0.2) is 19.1 Å². The second kappa shape index (κ2) is 7.46. The molecule has 3 N–H and O–H groups in total. The van der Waals surface area contributed by atoms with Crippen LogP contribution in [0.15, 0.2) is 24.3 Å². The number of hydrogen-bond acceptors (Lipinski definition) is 2. The number of nitrogens with one attached hydrogen (secondary N) is 1. The summed E-state index contributed by atoms with van der Waals surface area (Å²) in [5.74, 6) is 0.667. The quantitative estimate of drug-likeness (QED) is 0.712. The fraction of sp³-hybridized carbons (Fsp3) is 0.600. The summed E-state index contributed by atoms with van der Waals surface area (Å²) >= 11 is 0. The van der Waals surface area contributed by atoms with E-state index in [9.17, 15) is 0 Å². The van der Waals surface area contributed by atoms with Crippen LogP contribution < -0.4 is 11.1 Å². The molecule has 0 aliphatic rings. The van der Waals surface area contributed by atoms with E-state index >= 15 is 0 Å².